The van der Waals surface area contributed by atoms with E-state index in [2.05, 4.69) is 37.1 Å². The average molecular weight is 578 g/mol. The van der Waals surface area contributed by atoms with Crippen LogP contribution in [0.3, 0.4) is 0 Å². The maximum Gasteiger partial charge on any atom is 2.00 e. The van der Waals surface area contributed by atoms with E-state index in [1.54, 1.807) is 36.9 Å². The first-order valence-corrected chi connectivity index (χ1v) is 11.4. The van der Waals surface area contributed by atoms with Crippen LogP contribution in [0.2, 0.25) is 0 Å². The van der Waals surface area contributed by atoms with Gasteiger partial charge in [-0.05, 0) is 38.1 Å². The molecule has 4 heterocycles. The molecule has 2 aliphatic rings. The van der Waals surface area contributed by atoms with E-state index in [1.165, 1.54) is 13.8 Å². The molecule has 0 fully saturated rings. The molecule has 0 atom stereocenters. The fourth-order valence-corrected chi connectivity index (χ4v) is 3.04. The smallest absolute Gasteiger partial charge is 0.858 e. The van der Waals surface area contributed by atoms with Crippen LogP contribution in [-0.2, 0) is 46.0 Å². The topological polar surface area (TPSA) is 261 Å². The predicted molar refractivity (Wildman–Crippen MR) is 115 cm³/mol. The zero-order valence-corrected chi connectivity index (χ0v) is 20.4. The van der Waals surface area contributed by atoms with Crippen molar-refractivity contribution >= 4 is 44.3 Å². The number of nitrogen functional groups attached to an aromatic ring is 2. The number of hydrogen-bond donors (Lipinski definition) is 2. The maximum atomic E-state index is 10.4. The van der Waals surface area contributed by atoms with E-state index < -0.39 is 32.4 Å². The first-order chi connectivity index (χ1) is 15.8. The SMILES string of the molecule is CC1=CC([O-])=NS(=O)(=O)O1.CC1=CC([O-])=NS(=O)(=O)O1.Nc1ncccn1.Nc1ncccn1.[Cu+2]. The van der Waals surface area contributed by atoms with Crippen molar-refractivity contribution in [2.45, 2.75) is 13.8 Å². The standard InChI is InChI=1S/2C4H5N3.2C4H5NO4S.Cu/c2*5-4-6-2-1-3-7-4;2*1-3-2-4(6)5-10(7,8)9-3;/h2*1-3H,(H2,5,6,7);2*2H,1H3,(H,5,6);/q;;;;+2/p-2. The van der Waals surface area contributed by atoms with Crippen LogP contribution in [0.1, 0.15) is 13.8 Å². The first kappa shape index (κ1) is 31.2. The Hall–Kier alpha value is -3.80. The molecule has 0 amide bonds. The summed E-state index contributed by atoms with van der Waals surface area (Å²) in [7, 11) is -7.95. The summed E-state index contributed by atoms with van der Waals surface area (Å²) < 4.78 is 55.5. The van der Waals surface area contributed by atoms with Crippen molar-refractivity contribution in [3.63, 3.8) is 0 Å². The summed E-state index contributed by atoms with van der Waals surface area (Å²) in [6.07, 6.45) is 8.40. The number of rotatable bonds is 0. The minimum Gasteiger partial charge on any atom is -0.858 e. The fourth-order valence-electron chi connectivity index (χ4n) is 1.66. The second kappa shape index (κ2) is 14.5. The molecule has 0 unspecified atom stereocenters. The molecule has 2 aromatic rings. The number of nitrogens with zero attached hydrogens (tertiary/aromatic N) is 6. The van der Waals surface area contributed by atoms with Gasteiger partial charge in [-0.25, -0.2) is 19.9 Å². The normalized spacial score (nSPS) is 16.3. The van der Waals surface area contributed by atoms with E-state index >= 15 is 0 Å². The van der Waals surface area contributed by atoms with E-state index in [9.17, 15) is 27.0 Å². The summed E-state index contributed by atoms with van der Waals surface area (Å²) in [6.45, 7) is 2.73. The Morgan fingerprint density at radius 2 is 0.971 bits per heavy atom. The third kappa shape index (κ3) is 14.9. The molecule has 35 heavy (non-hydrogen) atoms. The van der Waals surface area contributed by atoms with Crippen molar-refractivity contribution in [2.24, 2.45) is 8.80 Å². The molecular formula is C16H18CuN8O8S2. The number of allylic oxidation sites excluding steroid dienone is 2. The van der Waals surface area contributed by atoms with Crippen molar-refractivity contribution < 1.29 is 52.5 Å². The Balaban J connectivity index is 0.000000442. The number of anilines is 2. The van der Waals surface area contributed by atoms with Crippen LogP contribution in [0.4, 0.5) is 11.9 Å². The largest absolute Gasteiger partial charge is 2.00 e. The molecule has 19 heteroatoms. The molecule has 0 aromatic carbocycles. The molecule has 16 nitrogen and oxygen atoms in total. The summed E-state index contributed by atoms with van der Waals surface area (Å²) in [5.41, 5.74) is 10.3. The van der Waals surface area contributed by atoms with Crippen LogP contribution in [0.5, 0.6) is 0 Å². The van der Waals surface area contributed by atoms with Gasteiger partial charge in [0.2, 0.25) is 11.9 Å². The third-order valence-electron chi connectivity index (χ3n) is 2.70. The predicted octanol–water partition coefficient (Wildman–Crippen LogP) is -2.04. The molecule has 193 valence electrons. The van der Waals surface area contributed by atoms with Crippen LogP contribution in [0.25, 0.3) is 0 Å². The summed E-state index contributed by atoms with van der Waals surface area (Å²) in [6, 6.07) is 3.44. The molecule has 0 saturated carbocycles. The van der Waals surface area contributed by atoms with Crippen LogP contribution < -0.4 is 21.7 Å². The molecule has 4 N–H and O–H groups in total. The Morgan fingerprint density at radius 3 is 1.14 bits per heavy atom. The van der Waals surface area contributed by atoms with Gasteiger partial charge in [0, 0.05) is 36.6 Å². The van der Waals surface area contributed by atoms with Gasteiger partial charge in [-0.15, -0.1) is 8.80 Å². The quantitative estimate of drug-likeness (QED) is 0.319. The van der Waals surface area contributed by atoms with E-state index in [4.69, 9.17) is 11.5 Å². The van der Waals surface area contributed by atoms with E-state index in [0.717, 1.165) is 12.2 Å². The second-order valence-electron chi connectivity index (χ2n) is 5.61. The molecule has 2 aliphatic heterocycles. The monoisotopic (exact) mass is 577 g/mol. The molecule has 1 radical (unpaired) electrons. The van der Waals surface area contributed by atoms with Gasteiger partial charge in [0.15, 0.2) is 0 Å². The molecule has 4 rings (SSSR count). The van der Waals surface area contributed by atoms with Gasteiger partial charge in [-0.1, -0.05) is 0 Å². The summed E-state index contributed by atoms with van der Waals surface area (Å²) in [5, 5.41) is 20.8. The number of hydrogen-bond acceptors (Lipinski definition) is 14. The van der Waals surface area contributed by atoms with Crippen LogP contribution >= 0.6 is 0 Å². The number of aromatic nitrogens is 4. The molecule has 0 bridgehead atoms. The van der Waals surface area contributed by atoms with Gasteiger partial charge < -0.3 is 30.0 Å². The van der Waals surface area contributed by atoms with Crippen molar-refractivity contribution in [1.29, 1.82) is 0 Å². The Bertz CT molecular complexity index is 1180. The van der Waals surface area contributed by atoms with Gasteiger partial charge >= 0.3 is 37.7 Å². The van der Waals surface area contributed by atoms with E-state index in [-0.39, 0.29) is 28.6 Å². The molecular weight excluding hydrogens is 560 g/mol. The summed E-state index contributed by atoms with van der Waals surface area (Å²) in [5.74, 6) is -0.877. The van der Waals surface area contributed by atoms with E-state index in [0.29, 0.717) is 11.9 Å². The van der Waals surface area contributed by atoms with Gasteiger partial charge in [-0.3, -0.25) is 0 Å². The van der Waals surface area contributed by atoms with Gasteiger partial charge in [-0.2, -0.15) is 16.8 Å². The van der Waals surface area contributed by atoms with E-state index in [1.807, 2.05) is 0 Å². The molecule has 2 aromatic heterocycles. The summed E-state index contributed by atoms with van der Waals surface area (Å²) >= 11 is 0. The first-order valence-electron chi connectivity index (χ1n) is 8.62. The Morgan fingerprint density at radius 1 is 0.686 bits per heavy atom. The van der Waals surface area contributed by atoms with Crippen molar-refractivity contribution in [2.75, 3.05) is 11.5 Å². The second-order valence-corrected chi connectivity index (χ2v) is 8.01. The minimum absolute atomic E-state index is 0. The Labute approximate surface area is 211 Å². The molecule has 0 aliphatic carbocycles. The van der Waals surface area contributed by atoms with Crippen molar-refractivity contribution in [3.8, 4) is 0 Å². The van der Waals surface area contributed by atoms with Gasteiger partial charge in [0.1, 0.15) is 11.5 Å². The average Bonchev–Trinajstić information content (AvgIpc) is 2.67. The van der Waals surface area contributed by atoms with Gasteiger partial charge in [0.25, 0.3) is 0 Å². The van der Waals surface area contributed by atoms with Gasteiger partial charge in [0.05, 0.1) is 0 Å². The molecule has 0 saturated heterocycles. The summed E-state index contributed by atoms with van der Waals surface area (Å²) in [4.78, 5) is 14.6. The van der Waals surface area contributed by atoms with Crippen LogP contribution in [-0.4, -0.2) is 48.6 Å². The minimum atomic E-state index is -3.97. The van der Waals surface area contributed by atoms with Crippen LogP contribution in [0, 0.1) is 0 Å². The van der Waals surface area contributed by atoms with Crippen LogP contribution in [0.15, 0.2) is 69.4 Å². The zero-order valence-electron chi connectivity index (χ0n) is 17.8. The Kier molecular flexibility index (Phi) is 12.9. The van der Waals surface area contributed by atoms with Crippen molar-refractivity contribution in [3.05, 3.63) is 60.6 Å². The number of nitrogens with two attached hydrogens (primary N) is 2. The molecule has 0 spiro atoms. The van der Waals surface area contributed by atoms with Crippen molar-refractivity contribution in [1.82, 2.24) is 19.9 Å². The maximum absolute atomic E-state index is 10.4. The third-order valence-corrected chi connectivity index (χ3v) is 4.46. The zero-order chi connectivity index (χ0) is 25.8. The fraction of sp³-hybridized carbons (Fsp3) is 0.125.